The molecule has 2 amide bonds. The maximum absolute atomic E-state index is 12.9. The summed E-state index contributed by atoms with van der Waals surface area (Å²) in [7, 11) is 0. The van der Waals surface area contributed by atoms with E-state index in [1.54, 1.807) is 6.20 Å². The molecule has 3 aliphatic rings. The number of nitrogens with zero attached hydrogens (tertiary/aromatic N) is 2. The van der Waals surface area contributed by atoms with Crippen LogP contribution >= 0.6 is 0 Å². The van der Waals surface area contributed by atoms with Crippen LogP contribution in [0.5, 0.6) is 0 Å². The normalized spacial score (nSPS) is 26.2. The Morgan fingerprint density at radius 1 is 1.17 bits per heavy atom. The van der Waals surface area contributed by atoms with E-state index in [1.807, 2.05) is 18.3 Å². The molecule has 2 aromatic rings. The Balaban J connectivity index is 1.46. The first-order valence-electron chi connectivity index (χ1n) is 9.78. The molecule has 1 aromatic heterocycles. The van der Waals surface area contributed by atoms with Crippen LogP contribution in [0.25, 0.3) is 0 Å². The summed E-state index contributed by atoms with van der Waals surface area (Å²) in [6.07, 6.45) is 1.92. The van der Waals surface area contributed by atoms with E-state index in [0.29, 0.717) is 5.92 Å². The highest BCUT2D eigenvalue weighted by atomic mass is 19.4. The van der Waals surface area contributed by atoms with Gasteiger partial charge in [-0.25, -0.2) is 4.79 Å². The van der Waals surface area contributed by atoms with Crippen LogP contribution in [0, 0.1) is 5.92 Å². The Morgan fingerprint density at radius 2 is 1.97 bits per heavy atom. The minimum atomic E-state index is -4.45. The number of halogens is 3. The quantitative estimate of drug-likeness (QED) is 0.812. The molecular formula is C21H23F3N4O. The Labute approximate surface area is 167 Å². The highest BCUT2D eigenvalue weighted by Crippen LogP contribution is 2.34. The summed E-state index contributed by atoms with van der Waals surface area (Å²) >= 11 is 0. The molecule has 2 bridgehead atoms. The van der Waals surface area contributed by atoms with Gasteiger partial charge in [0.1, 0.15) is 0 Å². The Morgan fingerprint density at radius 3 is 2.66 bits per heavy atom. The summed E-state index contributed by atoms with van der Waals surface area (Å²) in [6.45, 7) is 2.01. The number of amides is 2. The van der Waals surface area contributed by atoms with Crippen LogP contribution in [-0.4, -0.2) is 41.1 Å². The van der Waals surface area contributed by atoms with Crippen molar-refractivity contribution < 1.29 is 18.0 Å². The maximum Gasteiger partial charge on any atom is 0.416 e. The summed E-state index contributed by atoms with van der Waals surface area (Å²) in [4.78, 5) is 19.1. The van der Waals surface area contributed by atoms with E-state index >= 15 is 0 Å². The smallest absolute Gasteiger partial charge is 0.333 e. The standard InChI is InChI=1S/C21H23F3N4O/c22-21(23,24)16-4-1-5-17(12-16)26-20(29)27-19-15-6-9-28(10-7-15)18(19)11-14-3-2-8-25-13-14/h1-5,8,12-13,15,18-19H,6-7,9-11H2,(H2,26,27,29). The summed E-state index contributed by atoms with van der Waals surface area (Å²) in [5, 5.41) is 5.60. The molecule has 0 saturated carbocycles. The number of carbonyl (C=O) groups excluding carboxylic acids is 1. The lowest BCUT2D eigenvalue weighted by Crippen LogP contribution is -2.64. The lowest BCUT2D eigenvalue weighted by Gasteiger charge is -2.51. The van der Waals surface area contributed by atoms with Gasteiger partial charge >= 0.3 is 12.2 Å². The molecule has 5 nitrogen and oxygen atoms in total. The van der Waals surface area contributed by atoms with Crippen LogP contribution in [-0.2, 0) is 12.6 Å². The van der Waals surface area contributed by atoms with Gasteiger partial charge in [-0.05, 0) is 68.1 Å². The second-order valence-corrected chi connectivity index (χ2v) is 7.71. The number of benzene rings is 1. The highest BCUT2D eigenvalue weighted by molar-refractivity contribution is 5.89. The number of urea groups is 1. The number of hydrogen-bond acceptors (Lipinski definition) is 3. The van der Waals surface area contributed by atoms with Gasteiger partial charge in [0.15, 0.2) is 0 Å². The average Bonchev–Trinajstić information content (AvgIpc) is 2.71. The van der Waals surface area contributed by atoms with Gasteiger partial charge in [-0.3, -0.25) is 9.88 Å². The Hall–Kier alpha value is -2.61. The molecule has 2 N–H and O–H groups in total. The number of hydrogen-bond donors (Lipinski definition) is 2. The first-order chi connectivity index (χ1) is 13.9. The van der Waals surface area contributed by atoms with E-state index in [2.05, 4.69) is 20.5 Å². The first kappa shape index (κ1) is 19.7. The van der Waals surface area contributed by atoms with E-state index < -0.39 is 17.8 Å². The fraction of sp³-hybridized carbons (Fsp3) is 0.429. The van der Waals surface area contributed by atoms with Gasteiger partial charge in [-0.15, -0.1) is 0 Å². The number of fused-ring (bicyclic) bond motifs is 3. The van der Waals surface area contributed by atoms with Crippen molar-refractivity contribution in [2.45, 2.75) is 37.5 Å². The van der Waals surface area contributed by atoms with Crippen LogP contribution in [0.15, 0.2) is 48.8 Å². The van der Waals surface area contributed by atoms with Crippen molar-refractivity contribution in [2.75, 3.05) is 18.4 Å². The molecule has 3 fully saturated rings. The van der Waals surface area contributed by atoms with E-state index in [1.165, 1.54) is 12.1 Å². The van der Waals surface area contributed by atoms with Crippen molar-refractivity contribution in [3.05, 3.63) is 59.9 Å². The number of pyridine rings is 1. The summed E-state index contributed by atoms with van der Waals surface area (Å²) in [6, 6.07) is 8.23. The first-order valence-corrected chi connectivity index (χ1v) is 9.78. The minimum Gasteiger partial charge on any atom is -0.333 e. The van der Waals surface area contributed by atoms with Gasteiger partial charge in [0.25, 0.3) is 0 Å². The average molecular weight is 404 g/mol. The molecule has 3 saturated heterocycles. The number of piperidine rings is 3. The number of rotatable bonds is 4. The molecule has 154 valence electrons. The summed E-state index contributed by atoms with van der Waals surface area (Å²) in [5.41, 5.74) is 0.449. The van der Waals surface area contributed by atoms with Crippen molar-refractivity contribution in [3.63, 3.8) is 0 Å². The fourth-order valence-corrected chi connectivity index (χ4v) is 4.47. The molecular weight excluding hydrogens is 381 g/mol. The van der Waals surface area contributed by atoms with Crippen LogP contribution in [0.2, 0.25) is 0 Å². The monoisotopic (exact) mass is 404 g/mol. The molecule has 0 radical (unpaired) electrons. The molecule has 3 aliphatic heterocycles. The maximum atomic E-state index is 12.9. The molecule has 29 heavy (non-hydrogen) atoms. The largest absolute Gasteiger partial charge is 0.416 e. The predicted octanol–water partition coefficient (Wildman–Crippen LogP) is 3.93. The number of carbonyl (C=O) groups is 1. The molecule has 5 rings (SSSR count). The zero-order chi connectivity index (χ0) is 20.4. The lowest BCUT2D eigenvalue weighted by molar-refractivity contribution is -0.137. The van der Waals surface area contributed by atoms with Gasteiger partial charge in [-0.2, -0.15) is 13.2 Å². The van der Waals surface area contributed by atoms with E-state index in [0.717, 1.165) is 50.0 Å². The second kappa shape index (κ2) is 8.02. The molecule has 0 spiro atoms. The number of alkyl halides is 3. The third kappa shape index (κ3) is 4.53. The molecule has 8 heteroatoms. The zero-order valence-electron chi connectivity index (χ0n) is 15.8. The SMILES string of the molecule is O=C(Nc1cccc(C(F)(F)F)c1)NC1C2CCN(CC2)C1Cc1cccnc1. The van der Waals surface area contributed by atoms with E-state index in [9.17, 15) is 18.0 Å². The molecule has 2 atom stereocenters. The summed E-state index contributed by atoms with van der Waals surface area (Å²) in [5.74, 6) is 0.369. The van der Waals surface area contributed by atoms with E-state index in [-0.39, 0.29) is 17.8 Å². The predicted molar refractivity (Wildman–Crippen MR) is 103 cm³/mol. The van der Waals surface area contributed by atoms with Crippen molar-refractivity contribution in [2.24, 2.45) is 5.92 Å². The van der Waals surface area contributed by atoms with Crippen molar-refractivity contribution in [1.82, 2.24) is 15.2 Å². The minimum absolute atomic E-state index is 0.0523. The molecule has 0 aliphatic carbocycles. The Bertz CT molecular complexity index is 851. The molecule has 4 heterocycles. The van der Waals surface area contributed by atoms with Gasteiger partial charge in [0.2, 0.25) is 0 Å². The van der Waals surface area contributed by atoms with Gasteiger partial charge < -0.3 is 10.6 Å². The second-order valence-electron chi connectivity index (χ2n) is 7.71. The number of aromatic nitrogens is 1. The third-order valence-electron chi connectivity index (χ3n) is 5.88. The van der Waals surface area contributed by atoms with Crippen molar-refractivity contribution in [3.8, 4) is 0 Å². The third-order valence-corrected chi connectivity index (χ3v) is 5.88. The van der Waals surface area contributed by atoms with Gasteiger partial charge in [-0.1, -0.05) is 12.1 Å². The van der Waals surface area contributed by atoms with Crippen LogP contribution < -0.4 is 10.6 Å². The lowest BCUT2D eigenvalue weighted by atomic mass is 9.77. The topological polar surface area (TPSA) is 57.3 Å². The van der Waals surface area contributed by atoms with Crippen molar-refractivity contribution >= 4 is 11.7 Å². The van der Waals surface area contributed by atoms with Crippen LogP contribution in [0.3, 0.4) is 0 Å². The van der Waals surface area contributed by atoms with Crippen LogP contribution in [0.1, 0.15) is 24.0 Å². The highest BCUT2D eigenvalue weighted by Gasteiger charge is 2.42. The van der Waals surface area contributed by atoms with Gasteiger partial charge in [0.05, 0.1) is 5.56 Å². The van der Waals surface area contributed by atoms with Gasteiger partial charge in [0, 0.05) is 30.2 Å². The number of anilines is 1. The Kier molecular flexibility index (Phi) is 5.45. The number of nitrogens with one attached hydrogen (secondary N) is 2. The van der Waals surface area contributed by atoms with E-state index in [4.69, 9.17) is 0 Å². The van der Waals surface area contributed by atoms with Crippen molar-refractivity contribution in [1.29, 1.82) is 0 Å². The summed E-state index contributed by atoms with van der Waals surface area (Å²) < 4.78 is 38.7. The molecule has 1 aromatic carbocycles. The van der Waals surface area contributed by atoms with Crippen LogP contribution in [0.4, 0.5) is 23.7 Å². The fourth-order valence-electron chi connectivity index (χ4n) is 4.47. The molecule has 2 unspecified atom stereocenters. The zero-order valence-corrected chi connectivity index (χ0v) is 15.8.